The van der Waals surface area contributed by atoms with Gasteiger partial charge in [-0.15, -0.1) is 24.0 Å². The summed E-state index contributed by atoms with van der Waals surface area (Å²) in [5.41, 5.74) is 2.63. The largest absolute Gasteiger partial charge is 0.382 e. The van der Waals surface area contributed by atoms with Crippen LogP contribution in [0.15, 0.2) is 29.3 Å². The molecule has 2 N–H and O–H groups in total. The maximum Gasteiger partial charge on any atom is 0.191 e. The molecule has 1 heterocycles. The molecule has 0 unspecified atom stereocenters. The first kappa shape index (κ1) is 25.1. The topological polar surface area (TPSA) is 58.1 Å². The van der Waals surface area contributed by atoms with Gasteiger partial charge in [0.05, 0.1) is 19.8 Å². The van der Waals surface area contributed by atoms with Gasteiger partial charge in [-0.25, -0.2) is 4.99 Å². The molecule has 7 heteroatoms. The summed E-state index contributed by atoms with van der Waals surface area (Å²) in [7, 11) is 1.69. The molecule has 0 radical (unpaired) electrons. The first-order valence-corrected chi connectivity index (χ1v) is 10.2. The van der Waals surface area contributed by atoms with Gasteiger partial charge in [-0.05, 0) is 50.4 Å². The average molecular weight is 504 g/mol. The molecule has 0 aliphatic carbocycles. The van der Waals surface area contributed by atoms with Crippen molar-refractivity contribution in [3.05, 3.63) is 35.4 Å². The zero-order valence-electron chi connectivity index (χ0n) is 17.4. The molecule has 1 aromatic carbocycles. The zero-order chi connectivity index (χ0) is 19.2. The van der Waals surface area contributed by atoms with Gasteiger partial charge in [-0.1, -0.05) is 24.3 Å². The van der Waals surface area contributed by atoms with Crippen LogP contribution >= 0.6 is 24.0 Å². The number of guanidine groups is 1. The molecule has 1 saturated heterocycles. The van der Waals surface area contributed by atoms with E-state index in [1.165, 1.54) is 37.1 Å². The molecular weight excluding hydrogens is 467 g/mol. The molecule has 2 rings (SSSR count). The highest BCUT2D eigenvalue weighted by molar-refractivity contribution is 14.0. The van der Waals surface area contributed by atoms with Gasteiger partial charge in [0.25, 0.3) is 0 Å². The minimum atomic E-state index is 0. The maximum atomic E-state index is 5.48. The Balaban J connectivity index is 0.00000392. The highest BCUT2D eigenvalue weighted by Gasteiger charge is 2.11. The number of nitrogens with zero attached hydrogens (tertiary/aromatic N) is 2. The first-order valence-electron chi connectivity index (χ1n) is 10.2. The lowest BCUT2D eigenvalue weighted by Gasteiger charge is -2.14. The van der Waals surface area contributed by atoms with Gasteiger partial charge in [0, 0.05) is 33.4 Å². The van der Waals surface area contributed by atoms with E-state index in [1.54, 1.807) is 7.11 Å². The number of hydrogen-bond donors (Lipinski definition) is 2. The van der Waals surface area contributed by atoms with Crippen LogP contribution < -0.4 is 10.6 Å². The van der Waals surface area contributed by atoms with Gasteiger partial charge in [0.1, 0.15) is 0 Å². The van der Waals surface area contributed by atoms with Crippen molar-refractivity contribution in [3.8, 4) is 0 Å². The smallest absolute Gasteiger partial charge is 0.191 e. The highest BCUT2D eigenvalue weighted by atomic mass is 127. The van der Waals surface area contributed by atoms with E-state index in [0.717, 1.165) is 38.6 Å². The Bertz CT molecular complexity index is 534. The molecule has 1 aliphatic heterocycles. The minimum absolute atomic E-state index is 0. The fourth-order valence-corrected chi connectivity index (χ4v) is 3.09. The van der Waals surface area contributed by atoms with E-state index < -0.39 is 0 Å². The fraction of sp³-hybridized carbons (Fsp3) is 0.667. The third-order valence-corrected chi connectivity index (χ3v) is 4.58. The summed E-state index contributed by atoms with van der Waals surface area (Å²) < 4.78 is 10.4. The van der Waals surface area contributed by atoms with Crippen molar-refractivity contribution in [1.29, 1.82) is 0 Å². The van der Waals surface area contributed by atoms with Gasteiger partial charge in [0.2, 0.25) is 0 Å². The second-order valence-electron chi connectivity index (χ2n) is 6.88. The summed E-state index contributed by atoms with van der Waals surface area (Å²) in [6.45, 7) is 10.0. The van der Waals surface area contributed by atoms with Gasteiger partial charge in [-0.2, -0.15) is 0 Å². The Hall–Kier alpha value is -0.900. The molecule has 0 spiro atoms. The number of ether oxygens (including phenoxy) is 2. The van der Waals surface area contributed by atoms with Crippen molar-refractivity contribution in [2.45, 2.75) is 39.3 Å². The molecule has 28 heavy (non-hydrogen) atoms. The van der Waals surface area contributed by atoms with E-state index in [-0.39, 0.29) is 24.0 Å². The zero-order valence-corrected chi connectivity index (χ0v) is 19.7. The lowest BCUT2D eigenvalue weighted by Crippen LogP contribution is -2.38. The van der Waals surface area contributed by atoms with Crippen LogP contribution in [0.3, 0.4) is 0 Å². The second kappa shape index (κ2) is 16.0. The molecule has 1 aromatic rings. The van der Waals surface area contributed by atoms with E-state index >= 15 is 0 Å². The number of halogens is 1. The van der Waals surface area contributed by atoms with Gasteiger partial charge in [0.15, 0.2) is 5.96 Å². The molecule has 0 saturated carbocycles. The van der Waals surface area contributed by atoms with Gasteiger partial charge < -0.3 is 20.1 Å². The monoisotopic (exact) mass is 504 g/mol. The Labute approximate surface area is 187 Å². The SMILES string of the molecule is CCNC(=NCc1ccc(CN2CCCC2)cc1)NCCCOCCOC.I. The molecule has 0 atom stereocenters. The summed E-state index contributed by atoms with van der Waals surface area (Å²) in [5, 5.41) is 6.66. The van der Waals surface area contributed by atoms with Crippen LogP contribution in [0.4, 0.5) is 0 Å². The Morgan fingerprint density at radius 2 is 1.75 bits per heavy atom. The third kappa shape index (κ3) is 10.6. The normalized spacial score (nSPS) is 14.7. The molecule has 6 nitrogen and oxygen atoms in total. The summed E-state index contributed by atoms with van der Waals surface area (Å²) in [6, 6.07) is 8.87. The highest BCUT2D eigenvalue weighted by Crippen LogP contribution is 2.13. The van der Waals surface area contributed by atoms with E-state index in [4.69, 9.17) is 9.47 Å². The summed E-state index contributed by atoms with van der Waals surface area (Å²) in [4.78, 5) is 7.21. The van der Waals surface area contributed by atoms with Crippen LogP contribution in [0.2, 0.25) is 0 Å². The second-order valence-corrected chi connectivity index (χ2v) is 6.88. The number of methoxy groups -OCH3 is 1. The molecule has 1 fully saturated rings. The molecule has 0 aromatic heterocycles. The predicted molar refractivity (Wildman–Crippen MR) is 126 cm³/mol. The average Bonchev–Trinajstić information content (AvgIpc) is 3.19. The molecule has 0 bridgehead atoms. The molecule has 160 valence electrons. The number of rotatable bonds is 12. The number of hydrogen-bond acceptors (Lipinski definition) is 4. The lowest BCUT2D eigenvalue weighted by atomic mass is 10.1. The van der Waals surface area contributed by atoms with Crippen LogP contribution in [-0.4, -0.2) is 64.0 Å². The van der Waals surface area contributed by atoms with Gasteiger partial charge >= 0.3 is 0 Å². The first-order chi connectivity index (χ1) is 13.3. The standard InChI is InChI=1S/C21H36N4O2.HI/c1-3-22-21(23-11-6-14-27-16-15-26-2)24-17-19-7-9-20(10-8-19)18-25-12-4-5-13-25;/h7-10H,3-6,11-18H2,1-2H3,(H2,22,23,24);1H. The van der Waals surface area contributed by atoms with Crippen LogP contribution in [0, 0.1) is 0 Å². The number of nitrogens with one attached hydrogen (secondary N) is 2. The summed E-state index contributed by atoms with van der Waals surface area (Å²) >= 11 is 0. The van der Waals surface area contributed by atoms with Crippen molar-refractivity contribution in [2.75, 3.05) is 53.1 Å². The van der Waals surface area contributed by atoms with E-state index in [2.05, 4.69) is 51.7 Å². The molecule has 1 aliphatic rings. The summed E-state index contributed by atoms with van der Waals surface area (Å²) in [5.74, 6) is 0.857. The lowest BCUT2D eigenvalue weighted by molar-refractivity contribution is 0.0698. The quantitative estimate of drug-likeness (QED) is 0.199. The predicted octanol–water partition coefficient (Wildman–Crippen LogP) is 3.01. The van der Waals surface area contributed by atoms with Gasteiger partial charge in [-0.3, -0.25) is 4.90 Å². The summed E-state index contributed by atoms with van der Waals surface area (Å²) in [6.07, 6.45) is 3.62. The van der Waals surface area contributed by atoms with Crippen LogP contribution in [0.25, 0.3) is 0 Å². The van der Waals surface area contributed by atoms with Crippen molar-refractivity contribution < 1.29 is 9.47 Å². The number of likely N-dealkylation sites (tertiary alicyclic amines) is 1. The minimum Gasteiger partial charge on any atom is -0.382 e. The number of benzene rings is 1. The van der Waals surface area contributed by atoms with E-state index in [1.807, 2.05) is 0 Å². The van der Waals surface area contributed by atoms with Crippen LogP contribution in [-0.2, 0) is 22.6 Å². The van der Waals surface area contributed by atoms with Crippen molar-refractivity contribution in [3.63, 3.8) is 0 Å². The van der Waals surface area contributed by atoms with Crippen LogP contribution in [0.5, 0.6) is 0 Å². The fourth-order valence-electron chi connectivity index (χ4n) is 3.09. The van der Waals surface area contributed by atoms with E-state index in [0.29, 0.717) is 19.8 Å². The maximum absolute atomic E-state index is 5.48. The van der Waals surface area contributed by atoms with Crippen molar-refractivity contribution in [2.24, 2.45) is 4.99 Å². The van der Waals surface area contributed by atoms with Crippen molar-refractivity contribution >= 4 is 29.9 Å². The Morgan fingerprint density at radius 3 is 2.43 bits per heavy atom. The van der Waals surface area contributed by atoms with Crippen molar-refractivity contribution in [1.82, 2.24) is 15.5 Å². The molecular formula is C21H37IN4O2. The Kier molecular flexibility index (Phi) is 14.3. The number of aliphatic imine (C=N–C) groups is 1. The third-order valence-electron chi connectivity index (χ3n) is 4.58. The van der Waals surface area contributed by atoms with E-state index in [9.17, 15) is 0 Å². The Morgan fingerprint density at radius 1 is 1.04 bits per heavy atom. The van der Waals surface area contributed by atoms with Crippen LogP contribution in [0.1, 0.15) is 37.3 Å². The molecule has 0 amide bonds.